The number of thiophene rings is 1. The van der Waals surface area contributed by atoms with E-state index in [2.05, 4.69) is 5.32 Å². The third-order valence-corrected chi connectivity index (χ3v) is 9.21. The average Bonchev–Trinajstić information content (AvgIpc) is 3.29. The number of nitrogens with one attached hydrogen (secondary N) is 1. The van der Waals surface area contributed by atoms with Gasteiger partial charge in [0.1, 0.15) is 22.2 Å². The van der Waals surface area contributed by atoms with Gasteiger partial charge in [-0.25, -0.2) is 9.36 Å². The number of nitrogens with zero attached hydrogens (tertiary/aromatic N) is 2. The van der Waals surface area contributed by atoms with Crippen LogP contribution >= 0.6 is 11.3 Å². The number of primary amides is 1. The Morgan fingerprint density at radius 3 is 2.42 bits per heavy atom. The monoisotopic (exact) mass is 614 g/mol. The van der Waals surface area contributed by atoms with Crippen LogP contribution in [0, 0.1) is 6.92 Å². The molecule has 2 amide bonds. The highest BCUT2D eigenvalue weighted by Gasteiger charge is 2.35. The van der Waals surface area contributed by atoms with Crippen LogP contribution in [0.4, 0.5) is 0 Å². The number of carbonyl (C=O) groups is 2. The van der Waals surface area contributed by atoms with Gasteiger partial charge in [-0.05, 0) is 78.9 Å². The Kier molecular flexibility index (Phi) is 9.83. The third-order valence-electron chi connectivity index (χ3n) is 7.90. The van der Waals surface area contributed by atoms with E-state index in [0.29, 0.717) is 58.8 Å². The number of ether oxygens (including phenoxy) is 2. The predicted octanol–water partition coefficient (Wildman–Crippen LogP) is 3.35. The van der Waals surface area contributed by atoms with Crippen molar-refractivity contribution in [2.24, 2.45) is 5.73 Å². The zero-order valence-corrected chi connectivity index (χ0v) is 26.5. The molecule has 0 unspecified atom stereocenters. The topological polar surface area (TPSA) is 155 Å². The molecule has 4 rings (SSSR count). The van der Waals surface area contributed by atoms with Crippen molar-refractivity contribution in [3.05, 3.63) is 61.1 Å². The maximum atomic E-state index is 14.2. The molecule has 0 aliphatic heterocycles. The van der Waals surface area contributed by atoms with Crippen molar-refractivity contribution in [3.8, 4) is 5.75 Å². The van der Waals surface area contributed by atoms with Gasteiger partial charge in [0.15, 0.2) is 0 Å². The molecule has 1 aliphatic carbocycles. The fourth-order valence-corrected chi connectivity index (χ4v) is 6.69. The number of aliphatic hydroxyl groups excluding tert-OH is 1. The molecule has 0 spiro atoms. The summed E-state index contributed by atoms with van der Waals surface area (Å²) < 4.78 is 15.1. The van der Waals surface area contributed by atoms with E-state index in [0.717, 1.165) is 15.9 Å². The molecular formula is C31H42N4O7S. The highest BCUT2D eigenvalue weighted by Crippen LogP contribution is 2.35. The molecule has 1 aliphatic rings. The summed E-state index contributed by atoms with van der Waals surface area (Å²) >= 11 is 1.05. The second-order valence-corrected chi connectivity index (χ2v) is 12.8. The number of nitrogens with two attached hydrogens (primary N) is 1. The molecule has 0 bridgehead atoms. The minimum absolute atomic E-state index is 0.0310. The van der Waals surface area contributed by atoms with Crippen LogP contribution in [0.3, 0.4) is 0 Å². The van der Waals surface area contributed by atoms with Crippen LogP contribution in [0.25, 0.3) is 10.2 Å². The number of aryl methyl sites for hydroxylation is 1. The Balaban J connectivity index is 1.98. The van der Waals surface area contributed by atoms with Gasteiger partial charge in [-0.3, -0.25) is 19.0 Å². The first-order valence-corrected chi connectivity index (χ1v) is 15.6. The van der Waals surface area contributed by atoms with Crippen LogP contribution in [0.5, 0.6) is 5.75 Å². The SMILES string of the molecule is CCNC(=O)c1sc2c(c1C)c(=O)n(C(C)(C)C(N)=O)c(=O)n2C[C@H](O[C@H]1CC[C@H](O)CC1)c1ccccc1OC(C)C. The van der Waals surface area contributed by atoms with Crippen molar-refractivity contribution in [2.45, 2.75) is 104 Å². The first-order chi connectivity index (χ1) is 20.3. The predicted molar refractivity (Wildman–Crippen MR) is 166 cm³/mol. The van der Waals surface area contributed by atoms with Gasteiger partial charge in [0.05, 0.1) is 35.1 Å². The fraction of sp³-hybridized carbons (Fsp3) is 0.548. The highest BCUT2D eigenvalue weighted by atomic mass is 32.1. The first-order valence-electron chi connectivity index (χ1n) is 14.7. The van der Waals surface area contributed by atoms with Gasteiger partial charge in [0.2, 0.25) is 5.91 Å². The highest BCUT2D eigenvalue weighted by molar-refractivity contribution is 7.20. The third kappa shape index (κ3) is 6.56. The van der Waals surface area contributed by atoms with E-state index in [4.69, 9.17) is 15.2 Å². The van der Waals surface area contributed by atoms with Crippen molar-refractivity contribution >= 4 is 33.4 Å². The van der Waals surface area contributed by atoms with Gasteiger partial charge in [0.25, 0.3) is 11.5 Å². The van der Waals surface area contributed by atoms with E-state index >= 15 is 0 Å². The second kappa shape index (κ2) is 13.0. The summed E-state index contributed by atoms with van der Waals surface area (Å²) in [5.74, 6) is -0.609. The number of hydrogen-bond acceptors (Lipinski definition) is 8. The first kappa shape index (κ1) is 32.4. The zero-order valence-electron chi connectivity index (χ0n) is 25.6. The van der Waals surface area contributed by atoms with Crippen molar-refractivity contribution in [1.29, 1.82) is 0 Å². The standard InChI is InChI=1S/C31H42N4O7S/c1-7-33-26(37)25-18(4)24-27(38)35(31(5,6)29(32)39)30(40)34(28(24)43-25)16-23(42-20-14-12-19(36)13-15-20)21-10-8-9-11-22(21)41-17(2)3/h8-11,17,19-20,23,36H,7,12-16H2,1-6H3,(H2,32,39)(H,33,37)/t19-,20-,23-/m0/s1. The number of carbonyl (C=O) groups excluding carboxylic acids is 2. The Labute approximate surface area is 254 Å². The summed E-state index contributed by atoms with van der Waals surface area (Å²) in [7, 11) is 0. The lowest BCUT2D eigenvalue weighted by molar-refractivity contribution is -0.125. The molecule has 43 heavy (non-hydrogen) atoms. The van der Waals surface area contributed by atoms with Crippen LogP contribution in [-0.2, 0) is 21.6 Å². The number of rotatable bonds is 11. The van der Waals surface area contributed by atoms with Crippen molar-refractivity contribution in [2.75, 3.05) is 6.54 Å². The molecule has 2 aromatic heterocycles. The van der Waals surface area contributed by atoms with E-state index in [9.17, 15) is 24.3 Å². The molecule has 2 heterocycles. The smallest absolute Gasteiger partial charge is 0.333 e. The van der Waals surface area contributed by atoms with Crippen LogP contribution in [-0.4, -0.2) is 50.9 Å². The maximum Gasteiger partial charge on any atom is 0.333 e. The average molecular weight is 615 g/mol. The van der Waals surface area contributed by atoms with E-state index < -0.39 is 28.8 Å². The minimum atomic E-state index is -1.65. The molecule has 0 saturated heterocycles. The second-order valence-electron chi connectivity index (χ2n) is 11.8. The molecule has 4 N–H and O–H groups in total. The van der Waals surface area contributed by atoms with Crippen molar-refractivity contribution < 1.29 is 24.2 Å². The normalized spacial score (nSPS) is 18.1. The van der Waals surface area contributed by atoms with Crippen molar-refractivity contribution in [3.63, 3.8) is 0 Å². The van der Waals surface area contributed by atoms with Gasteiger partial charge >= 0.3 is 5.69 Å². The molecule has 12 heteroatoms. The molecule has 11 nitrogen and oxygen atoms in total. The van der Waals surface area contributed by atoms with E-state index in [-0.39, 0.29) is 36.2 Å². The molecule has 1 fully saturated rings. The molecular weight excluding hydrogens is 572 g/mol. The lowest BCUT2D eigenvalue weighted by Crippen LogP contribution is -2.54. The van der Waals surface area contributed by atoms with E-state index in [1.165, 1.54) is 18.4 Å². The van der Waals surface area contributed by atoms with Crippen LogP contribution in [0.15, 0.2) is 33.9 Å². The fourth-order valence-electron chi connectivity index (χ4n) is 5.47. The van der Waals surface area contributed by atoms with Crippen LogP contribution in [0.1, 0.15) is 87.2 Å². The maximum absolute atomic E-state index is 14.2. The number of fused-ring (bicyclic) bond motifs is 1. The van der Waals surface area contributed by atoms with Gasteiger partial charge in [-0.1, -0.05) is 18.2 Å². The number of benzene rings is 1. The number of para-hydroxylation sites is 1. The molecule has 1 atom stereocenters. The largest absolute Gasteiger partial charge is 0.491 e. The minimum Gasteiger partial charge on any atom is -0.491 e. The molecule has 1 aromatic carbocycles. The summed E-state index contributed by atoms with van der Waals surface area (Å²) in [4.78, 5) is 54.2. The van der Waals surface area contributed by atoms with Crippen molar-refractivity contribution in [1.82, 2.24) is 14.5 Å². The quantitative estimate of drug-likeness (QED) is 0.299. The number of hydrogen-bond donors (Lipinski definition) is 3. The number of amides is 2. The van der Waals surface area contributed by atoms with Gasteiger partial charge in [-0.2, -0.15) is 0 Å². The van der Waals surface area contributed by atoms with Crippen LogP contribution < -0.4 is 27.0 Å². The summed E-state index contributed by atoms with van der Waals surface area (Å²) in [5, 5.41) is 13.0. The van der Waals surface area contributed by atoms with E-state index in [1.807, 2.05) is 38.1 Å². The summed E-state index contributed by atoms with van der Waals surface area (Å²) in [5.41, 5.74) is 3.74. The molecule has 0 radical (unpaired) electrons. The Hall–Kier alpha value is -3.48. The number of aromatic nitrogens is 2. The Morgan fingerprint density at radius 2 is 1.81 bits per heavy atom. The zero-order chi connectivity index (χ0) is 31.6. The lowest BCUT2D eigenvalue weighted by Gasteiger charge is -2.31. The van der Waals surface area contributed by atoms with Gasteiger partial charge in [0, 0.05) is 12.1 Å². The lowest BCUT2D eigenvalue weighted by atomic mass is 9.94. The van der Waals surface area contributed by atoms with Gasteiger partial charge in [-0.15, -0.1) is 11.3 Å². The number of aliphatic hydroxyl groups is 1. The molecule has 1 saturated carbocycles. The van der Waals surface area contributed by atoms with Gasteiger partial charge < -0.3 is 25.6 Å². The summed E-state index contributed by atoms with van der Waals surface area (Å²) in [6.07, 6.45) is 1.10. The van der Waals surface area contributed by atoms with E-state index in [1.54, 1.807) is 13.8 Å². The molecule has 234 valence electrons. The Bertz CT molecular complexity index is 1610. The molecule has 3 aromatic rings. The van der Waals surface area contributed by atoms with Crippen LogP contribution in [0.2, 0.25) is 0 Å². The summed E-state index contributed by atoms with van der Waals surface area (Å²) in [6, 6.07) is 7.44. The Morgan fingerprint density at radius 1 is 1.16 bits per heavy atom. The summed E-state index contributed by atoms with van der Waals surface area (Å²) in [6.45, 7) is 10.5.